The van der Waals surface area contributed by atoms with Crippen molar-refractivity contribution in [1.29, 1.82) is 0 Å². The van der Waals surface area contributed by atoms with E-state index < -0.39 is 0 Å². The third-order valence-corrected chi connectivity index (χ3v) is 2.69. The molecule has 0 fully saturated rings. The van der Waals surface area contributed by atoms with Crippen molar-refractivity contribution in [1.82, 2.24) is 5.32 Å². The maximum atomic E-state index is 11.9. The first-order valence-electron chi connectivity index (χ1n) is 7.34. The Bertz CT molecular complexity index is 489. The Kier molecular flexibility index (Phi) is 7.99. The topological polar surface area (TPSA) is 76.7 Å². The third-order valence-electron chi connectivity index (χ3n) is 2.69. The third kappa shape index (κ3) is 7.08. The highest BCUT2D eigenvalue weighted by molar-refractivity contribution is 6.04. The van der Waals surface area contributed by atoms with Gasteiger partial charge in [-0.2, -0.15) is 0 Å². The van der Waals surface area contributed by atoms with E-state index in [1.54, 1.807) is 25.3 Å². The second-order valence-corrected chi connectivity index (χ2v) is 5.08. The molecule has 0 spiro atoms. The van der Waals surface area contributed by atoms with E-state index in [0.29, 0.717) is 24.6 Å². The van der Waals surface area contributed by atoms with Crippen molar-refractivity contribution < 1.29 is 19.1 Å². The number of anilines is 1. The molecule has 22 heavy (non-hydrogen) atoms. The van der Waals surface area contributed by atoms with Crippen molar-refractivity contribution in [2.75, 3.05) is 25.6 Å². The van der Waals surface area contributed by atoms with Crippen molar-refractivity contribution in [3.05, 3.63) is 24.3 Å². The van der Waals surface area contributed by atoms with Crippen LogP contribution in [0.25, 0.3) is 0 Å². The minimum Gasteiger partial charge on any atom is -0.489 e. The van der Waals surface area contributed by atoms with Crippen LogP contribution in [0.4, 0.5) is 5.69 Å². The van der Waals surface area contributed by atoms with Gasteiger partial charge in [0.2, 0.25) is 11.8 Å². The number of nitrogens with one attached hydrogen (secondary N) is 2. The molecule has 0 radical (unpaired) electrons. The smallest absolute Gasteiger partial charge is 0.233 e. The van der Waals surface area contributed by atoms with Crippen molar-refractivity contribution in [3.8, 4) is 5.75 Å². The summed E-state index contributed by atoms with van der Waals surface area (Å²) in [5, 5.41) is 5.37. The first-order chi connectivity index (χ1) is 10.5. The zero-order valence-electron chi connectivity index (χ0n) is 13.3. The lowest BCUT2D eigenvalue weighted by atomic mass is 10.2. The van der Waals surface area contributed by atoms with Crippen molar-refractivity contribution in [2.45, 2.75) is 32.8 Å². The summed E-state index contributed by atoms with van der Waals surface area (Å²) >= 11 is 0. The number of hydrogen-bond acceptors (Lipinski definition) is 4. The number of methoxy groups -OCH3 is 1. The maximum Gasteiger partial charge on any atom is 0.233 e. The van der Waals surface area contributed by atoms with Gasteiger partial charge in [0, 0.05) is 20.3 Å². The SMILES string of the molecule is COCCCNC(=O)CC(=O)Nc1ccccc1OC(C)C. The molecule has 122 valence electrons. The number of amides is 2. The van der Waals surface area contributed by atoms with E-state index in [0.717, 1.165) is 6.42 Å². The molecule has 0 saturated carbocycles. The molecule has 0 bridgehead atoms. The molecular formula is C16H24N2O4. The predicted molar refractivity (Wildman–Crippen MR) is 85.0 cm³/mol. The average Bonchev–Trinajstić information content (AvgIpc) is 2.45. The Labute approximate surface area is 131 Å². The quantitative estimate of drug-likeness (QED) is 0.540. The molecule has 0 aromatic heterocycles. The summed E-state index contributed by atoms with van der Waals surface area (Å²) in [7, 11) is 1.60. The molecule has 6 heteroatoms. The van der Waals surface area contributed by atoms with Gasteiger partial charge in [-0.1, -0.05) is 12.1 Å². The normalized spacial score (nSPS) is 10.4. The molecule has 0 saturated heterocycles. The highest BCUT2D eigenvalue weighted by atomic mass is 16.5. The maximum absolute atomic E-state index is 11.9. The van der Waals surface area contributed by atoms with Gasteiger partial charge in [0.05, 0.1) is 11.8 Å². The highest BCUT2D eigenvalue weighted by Gasteiger charge is 2.12. The Morgan fingerprint density at radius 2 is 1.91 bits per heavy atom. The van der Waals surface area contributed by atoms with E-state index in [-0.39, 0.29) is 24.3 Å². The summed E-state index contributed by atoms with van der Waals surface area (Å²) in [6, 6.07) is 7.15. The minimum absolute atomic E-state index is 0.00198. The Morgan fingerprint density at radius 3 is 2.59 bits per heavy atom. The van der Waals surface area contributed by atoms with Crippen LogP contribution >= 0.6 is 0 Å². The second kappa shape index (κ2) is 9.78. The van der Waals surface area contributed by atoms with Gasteiger partial charge in [-0.3, -0.25) is 9.59 Å². The lowest BCUT2D eigenvalue weighted by molar-refractivity contribution is -0.126. The van der Waals surface area contributed by atoms with Crippen molar-refractivity contribution in [2.24, 2.45) is 0 Å². The van der Waals surface area contributed by atoms with E-state index in [9.17, 15) is 9.59 Å². The van der Waals surface area contributed by atoms with Crippen molar-refractivity contribution in [3.63, 3.8) is 0 Å². The van der Waals surface area contributed by atoms with Gasteiger partial charge in [0.1, 0.15) is 12.2 Å². The fourth-order valence-electron chi connectivity index (χ4n) is 1.77. The number of rotatable bonds is 9. The van der Waals surface area contributed by atoms with Crippen LogP contribution in [0.3, 0.4) is 0 Å². The molecule has 1 aromatic rings. The van der Waals surface area contributed by atoms with Gasteiger partial charge in [-0.25, -0.2) is 0 Å². The summed E-state index contributed by atoms with van der Waals surface area (Å²) in [5.74, 6) is -0.0914. The molecule has 1 aromatic carbocycles. The molecule has 1 rings (SSSR count). The van der Waals surface area contributed by atoms with Crippen molar-refractivity contribution >= 4 is 17.5 Å². The highest BCUT2D eigenvalue weighted by Crippen LogP contribution is 2.24. The summed E-state index contributed by atoms with van der Waals surface area (Å²) in [6.45, 7) is 4.89. The summed E-state index contributed by atoms with van der Waals surface area (Å²) in [4.78, 5) is 23.5. The Morgan fingerprint density at radius 1 is 1.18 bits per heavy atom. The van der Waals surface area contributed by atoms with E-state index in [1.807, 2.05) is 19.9 Å². The van der Waals surface area contributed by atoms with Gasteiger partial charge in [0.15, 0.2) is 0 Å². The fourth-order valence-corrected chi connectivity index (χ4v) is 1.77. The van der Waals surface area contributed by atoms with E-state index >= 15 is 0 Å². The minimum atomic E-state index is -0.371. The monoisotopic (exact) mass is 308 g/mol. The molecular weight excluding hydrogens is 284 g/mol. The number of ether oxygens (including phenoxy) is 2. The van der Waals surface area contributed by atoms with Crippen LogP contribution in [0.1, 0.15) is 26.7 Å². The largest absolute Gasteiger partial charge is 0.489 e. The lowest BCUT2D eigenvalue weighted by Crippen LogP contribution is -2.29. The predicted octanol–water partition coefficient (Wildman–Crippen LogP) is 1.96. The van der Waals surface area contributed by atoms with Crippen LogP contribution in [-0.2, 0) is 14.3 Å². The Balaban J connectivity index is 2.46. The van der Waals surface area contributed by atoms with Crippen LogP contribution in [0.15, 0.2) is 24.3 Å². The van der Waals surface area contributed by atoms with Crippen LogP contribution in [-0.4, -0.2) is 38.2 Å². The number of carbonyl (C=O) groups excluding carboxylic acids is 2. The molecule has 0 unspecified atom stereocenters. The first kappa shape index (κ1) is 18.0. The number of para-hydroxylation sites is 2. The van der Waals surface area contributed by atoms with Gasteiger partial charge >= 0.3 is 0 Å². The van der Waals surface area contributed by atoms with Crippen LogP contribution in [0.2, 0.25) is 0 Å². The molecule has 0 aliphatic carbocycles. The van der Waals surface area contributed by atoms with Crippen LogP contribution in [0, 0.1) is 0 Å². The second-order valence-electron chi connectivity index (χ2n) is 5.08. The molecule has 0 aliphatic rings. The fraction of sp³-hybridized carbons (Fsp3) is 0.500. The lowest BCUT2D eigenvalue weighted by Gasteiger charge is -2.14. The van der Waals surface area contributed by atoms with Crippen LogP contribution in [0.5, 0.6) is 5.75 Å². The number of benzene rings is 1. The van der Waals surface area contributed by atoms with Gasteiger partial charge < -0.3 is 20.1 Å². The van der Waals surface area contributed by atoms with E-state index in [1.165, 1.54) is 0 Å². The molecule has 0 heterocycles. The summed E-state index contributed by atoms with van der Waals surface area (Å²) in [5.41, 5.74) is 0.563. The molecule has 0 atom stereocenters. The summed E-state index contributed by atoms with van der Waals surface area (Å²) < 4.78 is 10.5. The van der Waals surface area contributed by atoms with Gasteiger partial charge in [-0.15, -0.1) is 0 Å². The molecule has 2 amide bonds. The summed E-state index contributed by atoms with van der Waals surface area (Å²) in [6.07, 6.45) is 0.500. The average molecular weight is 308 g/mol. The van der Waals surface area contributed by atoms with Crippen LogP contribution < -0.4 is 15.4 Å². The first-order valence-corrected chi connectivity index (χ1v) is 7.34. The number of carbonyl (C=O) groups is 2. The standard InChI is InChI=1S/C16H24N2O4/c1-12(2)22-14-8-5-4-7-13(14)18-16(20)11-15(19)17-9-6-10-21-3/h4-5,7-8,12H,6,9-11H2,1-3H3,(H,17,19)(H,18,20). The van der Waals surface area contributed by atoms with Gasteiger partial charge in [0.25, 0.3) is 0 Å². The molecule has 6 nitrogen and oxygen atoms in total. The van der Waals surface area contributed by atoms with E-state index in [2.05, 4.69) is 10.6 Å². The molecule has 2 N–H and O–H groups in total. The van der Waals surface area contributed by atoms with E-state index in [4.69, 9.17) is 9.47 Å². The zero-order valence-corrected chi connectivity index (χ0v) is 13.3. The van der Waals surface area contributed by atoms with Gasteiger partial charge in [-0.05, 0) is 32.4 Å². The number of hydrogen-bond donors (Lipinski definition) is 2. The molecule has 0 aliphatic heterocycles. The zero-order chi connectivity index (χ0) is 16.4. The Hall–Kier alpha value is -2.08.